The number of halogens is 1. The second-order valence-corrected chi connectivity index (χ2v) is 7.22. The number of carbonyl (C=O) groups is 1. The quantitative estimate of drug-likeness (QED) is 0.522. The Morgan fingerprint density at radius 2 is 2.14 bits per heavy atom. The molecule has 28 heavy (non-hydrogen) atoms. The lowest BCUT2D eigenvalue weighted by molar-refractivity contribution is 0.0955. The third-order valence-corrected chi connectivity index (χ3v) is 4.89. The van der Waals surface area contributed by atoms with Crippen LogP contribution in [0.5, 0.6) is 0 Å². The van der Waals surface area contributed by atoms with Crippen molar-refractivity contribution in [3.63, 3.8) is 0 Å². The third-order valence-electron chi connectivity index (χ3n) is 4.60. The summed E-state index contributed by atoms with van der Waals surface area (Å²) in [7, 11) is 0. The molecular weight excluding hydrogens is 376 g/mol. The fraction of sp³-hybridized carbons (Fsp3) is 0.300. The van der Waals surface area contributed by atoms with E-state index in [-0.39, 0.29) is 5.91 Å². The van der Waals surface area contributed by atoms with E-state index >= 15 is 0 Å². The van der Waals surface area contributed by atoms with E-state index in [1.807, 2.05) is 35.7 Å². The van der Waals surface area contributed by atoms with Gasteiger partial charge in [-0.05, 0) is 43.2 Å². The van der Waals surface area contributed by atoms with Gasteiger partial charge < -0.3 is 10.3 Å². The van der Waals surface area contributed by atoms with Crippen molar-refractivity contribution in [3.8, 4) is 0 Å². The van der Waals surface area contributed by atoms with Crippen LogP contribution >= 0.6 is 11.6 Å². The van der Waals surface area contributed by atoms with E-state index in [0.29, 0.717) is 29.2 Å². The summed E-state index contributed by atoms with van der Waals surface area (Å²) < 4.78 is 1.88. The van der Waals surface area contributed by atoms with E-state index in [1.165, 1.54) is 0 Å². The molecule has 0 fully saturated rings. The minimum absolute atomic E-state index is 0.175. The van der Waals surface area contributed by atoms with Gasteiger partial charge >= 0.3 is 0 Å². The van der Waals surface area contributed by atoms with E-state index in [4.69, 9.17) is 11.6 Å². The maximum atomic E-state index is 12.6. The van der Waals surface area contributed by atoms with Crippen LogP contribution in [-0.2, 0) is 12.8 Å². The molecule has 0 aliphatic rings. The van der Waals surface area contributed by atoms with Crippen molar-refractivity contribution in [2.24, 2.45) is 0 Å². The van der Waals surface area contributed by atoms with Crippen LogP contribution in [0.1, 0.15) is 40.9 Å². The van der Waals surface area contributed by atoms with Gasteiger partial charge in [0.05, 0.1) is 16.1 Å². The number of carbonyl (C=O) groups excluding carboxylic acids is 1. The summed E-state index contributed by atoms with van der Waals surface area (Å²) in [6.45, 7) is 4.53. The number of amides is 1. The van der Waals surface area contributed by atoms with E-state index < -0.39 is 0 Å². The molecule has 3 heterocycles. The molecule has 0 saturated carbocycles. The number of aromatic nitrogens is 5. The van der Waals surface area contributed by atoms with Crippen molar-refractivity contribution >= 4 is 34.2 Å². The van der Waals surface area contributed by atoms with Crippen LogP contribution < -0.4 is 5.32 Å². The molecule has 0 atom stereocenters. The summed E-state index contributed by atoms with van der Waals surface area (Å²) in [5, 5.41) is 12.0. The molecule has 4 rings (SSSR count). The average Bonchev–Trinajstić information content (AvgIpc) is 3.26. The molecule has 0 aliphatic heterocycles. The highest BCUT2D eigenvalue weighted by Crippen LogP contribution is 2.23. The zero-order valence-electron chi connectivity index (χ0n) is 15.8. The molecular formula is C20H21ClN6O. The van der Waals surface area contributed by atoms with Crippen LogP contribution in [0.2, 0.25) is 5.02 Å². The fourth-order valence-corrected chi connectivity index (χ4v) is 3.62. The molecule has 0 spiro atoms. The first-order valence-electron chi connectivity index (χ1n) is 9.32. The van der Waals surface area contributed by atoms with Gasteiger partial charge in [-0.15, -0.1) is 10.2 Å². The lowest BCUT2D eigenvalue weighted by atomic mass is 10.2. The van der Waals surface area contributed by atoms with Gasteiger partial charge in [-0.3, -0.25) is 9.20 Å². The Labute approximate surface area is 167 Å². The molecule has 0 radical (unpaired) electrons. The molecule has 0 saturated heterocycles. The molecule has 144 valence electrons. The number of imidazole rings is 1. The summed E-state index contributed by atoms with van der Waals surface area (Å²) in [6, 6.07) is 7.51. The lowest BCUT2D eigenvalue weighted by Crippen LogP contribution is -2.26. The zero-order chi connectivity index (χ0) is 19.7. The van der Waals surface area contributed by atoms with E-state index in [0.717, 1.165) is 41.1 Å². The molecule has 3 aromatic heterocycles. The van der Waals surface area contributed by atoms with Gasteiger partial charge in [-0.2, -0.15) is 0 Å². The van der Waals surface area contributed by atoms with Crippen molar-refractivity contribution in [2.75, 3.05) is 6.54 Å². The van der Waals surface area contributed by atoms with E-state index in [2.05, 4.69) is 32.4 Å². The SMILES string of the molecule is CCCc1nnc2c(C(=O)NCCc3nc4c(Cl)cc(C)cc4[nH]3)cccn12. The van der Waals surface area contributed by atoms with Gasteiger partial charge in [0.1, 0.15) is 17.2 Å². The standard InChI is InChI=1S/C20H21ClN6O/c1-3-5-17-25-26-19-13(6-4-9-27(17)19)20(28)22-8-7-16-23-15-11-12(2)10-14(21)18(15)24-16/h4,6,9-11H,3,5,7-8H2,1-2H3,(H,22,28)(H,23,24). The second-order valence-electron chi connectivity index (χ2n) is 6.81. The zero-order valence-corrected chi connectivity index (χ0v) is 16.5. The smallest absolute Gasteiger partial charge is 0.255 e. The summed E-state index contributed by atoms with van der Waals surface area (Å²) in [5.74, 6) is 1.47. The average molecular weight is 397 g/mol. The van der Waals surface area contributed by atoms with Gasteiger partial charge in [0.2, 0.25) is 0 Å². The number of aromatic amines is 1. The number of H-pyrrole nitrogens is 1. The Morgan fingerprint density at radius 1 is 1.29 bits per heavy atom. The number of hydrogen-bond donors (Lipinski definition) is 2. The first-order valence-corrected chi connectivity index (χ1v) is 9.70. The maximum absolute atomic E-state index is 12.6. The second kappa shape index (κ2) is 7.59. The van der Waals surface area contributed by atoms with Crippen molar-refractivity contribution in [3.05, 3.63) is 58.3 Å². The van der Waals surface area contributed by atoms with E-state index in [1.54, 1.807) is 6.07 Å². The van der Waals surface area contributed by atoms with Crippen LogP contribution in [0, 0.1) is 6.92 Å². The number of pyridine rings is 1. The van der Waals surface area contributed by atoms with Crippen molar-refractivity contribution in [1.82, 2.24) is 29.9 Å². The molecule has 8 heteroatoms. The Balaban J connectivity index is 1.46. The third kappa shape index (κ3) is 3.45. The van der Waals surface area contributed by atoms with Gasteiger partial charge in [-0.1, -0.05) is 18.5 Å². The molecule has 7 nitrogen and oxygen atoms in total. The molecule has 0 unspecified atom stereocenters. The minimum Gasteiger partial charge on any atom is -0.351 e. The number of benzene rings is 1. The predicted molar refractivity (Wildman–Crippen MR) is 109 cm³/mol. The first-order chi connectivity index (χ1) is 13.6. The van der Waals surface area contributed by atoms with Crippen LogP contribution in [-0.4, -0.2) is 37.0 Å². The monoisotopic (exact) mass is 396 g/mol. The Hall–Kier alpha value is -2.93. The van der Waals surface area contributed by atoms with Crippen molar-refractivity contribution in [2.45, 2.75) is 33.1 Å². The molecule has 1 amide bonds. The predicted octanol–water partition coefficient (Wildman–Crippen LogP) is 3.49. The van der Waals surface area contributed by atoms with Crippen LogP contribution in [0.25, 0.3) is 16.7 Å². The fourth-order valence-electron chi connectivity index (χ4n) is 3.31. The molecule has 0 bridgehead atoms. The summed E-state index contributed by atoms with van der Waals surface area (Å²) in [4.78, 5) is 20.4. The highest BCUT2D eigenvalue weighted by Gasteiger charge is 2.15. The topological polar surface area (TPSA) is 88.0 Å². The van der Waals surface area contributed by atoms with Crippen molar-refractivity contribution in [1.29, 1.82) is 0 Å². The van der Waals surface area contributed by atoms with Gasteiger partial charge in [-0.25, -0.2) is 4.98 Å². The van der Waals surface area contributed by atoms with Gasteiger partial charge in [0.25, 0.3) is 5.91 Å². The Kier molecular flexibility index (Phi) is 5.00. The Bertz CT molecular complexity index is 1160. The first kappa shape index (κ1) is 18.4. The summed E-state index contributed by atoms with van der Waals surface area (Å²) in [6.07, 6.45) is 4.25. The Morgan fingerprint density at radius 3 is 2.96 bits per heavy atom. The van der Waals surface area contributed by atoms with Crippen LogP contribution in [0.15, 0.2) is 30.5 Å². The minimum atomic E-state index is -0.175. The molecule has 4 aromatic rings. The van der Waals surface area contributed by atoms with Gasteiger partial charge in [0, 0.05) is 25.6 Å². The number of rotatable bonds is 6. The molecule has 0 aliphatic carbocycles. The van der Waals surface area contributed by atoms with Crippen LogP contribution in [0.3, 0.4) is 0 Å². The summed E-state index contributed by atoms with van der Waals surface area (Å²) in [5.41, 5.74) is 3.83. The molecule has 2 N–H and O–H groups in total. The summed E-state index contributed by atoms with van der Waals surface area (Å²) >= 11 is 6.25. The number of nitrogens with one attached hydrogen (secondary N) is 2. The van der Waals surface area contributed by atoms with Gasteiger partial charge in [0.15, 0.2) is 5.65 Å². The normalized spacial score (nSPS) is 11.4. The number of hydrogen-bond acceptors (Lipinski definition) is 4. The largest absolute Gasteiger partial charge is 0.351 e. The maximum Gasteiger partial charge on any atom is 0.255 e. The lowest BCUT2D eigenvalue weighted by Gasteiger charge is -2.05. The highest BCUT2D eigenvalue weighted by atomic mass is 35.5. The highest BCUT2D eigenvalue weighted by molar-refractivity contribution is 6.35. The molecule has 1 aromatic carbocycles. The van der Waals surface area contributed by atoms with Crippen molar-refractivity contribution < 1.29 is 4.79 Å². The van der Waals surface area contributed by atoms with E-state index in [9.17, 15) is 4.79 Å². The number of aryl methyl sites for hydroxylation is 2. The van der Waals surface area contributed by atoms with Crippen LogP contribution in [0.4, 0.5) is 0 Å². The number of nitrogens with zero attached hydrogens (tertiary/aromatic N) is 4. The number of fused-ring (bicyclic) bond motifs is 2.